The minimum Gasteiger partial charge on any atom is -0.490 e. The lowest BCUT2D eigenvalue weighted by Gasteiger charge is -2.16. The first-order chi connectivity index (χ1) is 10.2. The van der Waals surface area contributed by atoms with Gasteiger partial charge in [0.05, 0.1) is 11.1 Å². The second-order valence-electron chi connectivity index (χ2n) is 5.87. The standard InChI is InChI=1S/C17H26BrNO2/c1-20-10-11-21-17-9-7-14(12-15(17)18)16(19)8-6-13-4-2-3-5-13/h7,9,12-13,16H,2-6,8,10-11,19H2,1H3. The lowest BCUT2D eigenvalue weighted by molar-refractivity contribution is 0.146. The van der Waals surface area contributed by atoms with E-state index in [2.05, 4.69) is 28.1 Å². The van der Waals surface area contributed by atoms with E-state index in [1.165, 1.54) is 37.7 Å². The van der Waals surface area contributed by atoms with Gasteiger partial charge in [-0.2, -0.15) is 0 Å². The fourth-order valence-corrected chi connectivity index (χ4v) is 3.49. The van der Waals surface area contributed by atoms with Crippen molar-refractivity contribution in [1.82, 2.24) is 0 Å². The Labute approximate surface area is 136 Å². The minimum atomic E-state index is 0.120. The van der Waals surface area contributed by atoms with Crippen molar-refractivity contribution in [3.8, 4) is 5.75 Å². The molecule has 1 fully saturated rings. The van der Waals surface area contributed by atoms with Crippen LogP contribution in [0.3, 0.4) is 0 Å². The summed E-state index contributed by atoms with van der Waals surface area (Å²) in [5.74, 6) is 1.75. The number of methoxy groups -OCH3 is 1. The summed E-state index contributed by atoms with van der Waals surface area (Å²) in [7, 11) is 1.67. The Balaban J connectivity index is 1.85. The molecule has 3 nitrogen and oxygen atoms in total. The van der Waals surface area contributed by atoms with Crippen LogP contribution in [0.2, 0.25) is 0 Å². The highest BCUT2D eigenvalue weighted by Crippen LogP contribution is 2.33. The van der Waals surface area contributed by atoms with Crippen molar-refractivity contribution < 1.29 is 9.47 Å². The number of hydrogen-bond donors (Lipinski definition) is 1. The lowest BCUT2D eigenvalue weighted by Crippen LogP contribution is -2.12. The number of nitrogens with two attached hydrogens (primary N) is 1. The Morgan fingerprint density at radius 2 is 2.05 bits per heavy atom. The van der Waals surface area contributed by atoms with Gasteiger partial charge >= 0.3 is 0 Å². The average molecular weight is 356 g/mol. The summed E-state index contributed by atoms with van der Waals surface area (Å²) in [6.45, 7) is 1.15. The summed E-state index contributed by atoms with van der Waals surface area (Å²) < 4.78 is 11.6. The van der Waals surface area contributed by atoms with E-state index in [1.54, 1.807) is 7.11 Å². The van der Waals surface area contributed by atoms with Crippen LogP contribution in [-0.2, 0) is 4.74 Å². The number of halogens is 1. The van der Waals surface area contributed by atoms with Gasteiger partial charge in [0.25, 0.3) is 0 Å². The number of hydrogen-bond acceptors (Lipinski definition) is 3. The zero-order valence-electron chi connectivity index (χ0n) is 12.8. The van der Waals surface area contributed by atoms with Crippen molar-refractivity contribution >= 4 is 15.9 Å². The molecule has 1 unspecified atom stereocenters. The predicted molar refractivity (Wildman–Crippen MR) is 89.6 cm³/mol. The maximum Gasteiger partial charge on any atom is 0.133 e. The van der Waals surface area contributed by atoms with Crippen LogP contribution < -0.4 is 10.5 Å². The summed E-state index contributed by atoms with van der Waals surface area (Å²) in [6, 6.07) is 6.27. The summed E-state index contributed by atoms with van der Waals surface area (Å²) in [5, 5.41) is 0. The second kappa shape index (κ2) is 8.76. The molecule has 0 radical (unpaired) electrons. The molecule has 1 saturated carbocycles. The molecule has 0 saturated heterocycles. The van der Waals surface area contributed by atoms with Crippen LogP contribution in [0.4, 0.5) is 0 Å². The van der Waals surface area contributed by atoms with Crippen LogP contribution in [0, 0.1) is 5.92 Å². The van der Waals surface area contributed by atoms with Crippen molar-refractivity contribution in [3.63, 3.8) is 0 Å². The Morgan fingerprint density at radius 1 is 1.29 bits per heavy atom. The van der Waals surface area contributed by atoms with Crippen molar-refractivity contribution in [2.24, 2.45) is 11.7 Å². The topological polar surface area (TPSA) is 44.5 Å². The molecule has 1 atom stereocenters. The lowest BCUT2D eigenvalue weighted by atomic mass is 9.95. The Hall–Kier alpha value is -0.580. The highest BCUT2D eigenvalue weighted by atomic mass is 79.9. The van der Waals surface area contributed by atoms with Crippen LogP contribution in [-0.4, -0.2) is 20.3 Å². The molecule has 0 amide bonds. The molecule has 21 heavy (non-hydrogen) atoms. The van der Waals surface area contributed by atoms with Crippen LogP contribution in [0.5, 0.6) is 5.75 Å². The van der Waals surface area contributed by atoms with Crippen LogP contribution >= 0.6 is 15.9 Å². The predicted octanol–water partition coefficient (Wildman–Crippen LogP) is 4.44. The molecule has 1 aliphatic rings. The van der Waals surface area contributed by atoms with E-state index in [-0.39, 0.29) is 6.04 Å². The molecular formula is C17H26BrNO2. The van der Waals surface area contributed by atoms with Crippen molar-refractivity contribution in [1.29, 1.82) is 0 Å². The monoisotopic (exact) mass is 355 g/mol. The molecule has 2 rings (SSSR count). The summed E-state index contributed by atoms with van der Waals surface area (Å²) >= 11 is 3.56. The smallest absolute Gasteiger partial charge is 0.133 e. The van der Waals surface area contributed by atoms with Gasteiger partial charge in [-0.15, -0.1) is 0 Å². The third-order valence-corrected chi connectivity index (χ3v) is 4.91. The maximum absolute atomic E-state index is 6.33. The van der Waals surface area contributed by atoms with Crippen molar-refractivity contribution in [2.75, 3.05) is 20.3 Å². The Kier molecular flexibility index (Phi) is 7.00. The third-order valence-electron chi connectivity index (χ3n) is 4.29. The number of rotatable bonds is 8. The van der Waals surface area contributed by atoms with Gasteiger partial charge in [-0.3, -0.25) is 0 Å². The van der Waals surface area contributed by atoms with Crippen molar-refractivity contribution in [3.05, 3.63) is 28.2 Å². The van der Waals surface area contributed by atoms with Gasteiger partial charge in [-0.1, -0.05) is 31.7 Å². The SMILES string of the molecule is COCCOc1ccc(C(N)CCC2CCCC2)cc1Br. The van der Waals surface area contributed by atoms with E-state index in [0.717, 1.165) is 22.6 Å². The van der Waals surface area contributed by atoms with Crippen LogP contribution in [0.15, 0.2) is 22.7 Å². The highest BCUT2D eigenvalue weighted by Gasteiger charge is 2.17. The van der Waals surface area contributed by atoms with E-state index < -0.39 is 0 Å². The first kappa shape index (κ1) is 16.8. The van der Waals surface area contributed by atoms with Gasteiger partial charge in [-0.05, 0) is 52.4 Å². The largest absolute Gasteiger partial charge is 0.490 e. The highest BCUT2D eigenvalue weighted by molar-refractivity contribution is 9.10. The Bertz CT molecular complexity index is 433. The van der Waals surface area contributed by atoms with E-state index >= 15 is 0 Å². The second-order valence-corrected chi connectivity index (χ2v) is 6.72. The van der Waals surface area contributed by atoms with Gasteiger partial charge < -0.3 is 15.2 Å². The van der Waals surface area contributed by atoms with Gasteiger partial charge in [0, 0.05) is 13.2 Å². The van der Waals surface area contributed by atoms with Gasteiger partial charge in [0.2, 0.25) is 0 Å². The molecule has 118 valence electrons. The van der Waals surface area contributed by atoms with Gasteiger partial charge in [0.1, 0.15) is 12.4 Å². The number of ether oxygens (including phenoxy) is 2. The van der Waals surface area contributed by atoms with Crippen molar-refractivity contribution in [2.45, 2.75) is 44.6 Å². The summed E-state index contributed by atoms with van der Waals surface area (Å²) in [4.78, 5) is 0. The summed E-state index contributed by atoms with van der Waals surface area (Å²) in [6.07, 6.45) is 7.91. The molecule has 0 aromatic heterocycles. The first-order valence-electron chi connectivity index (χ1n) is 7.87. The first-order valence-corrected chi connectivity index (χ1v) is 8.66. The van der Waals surface area contributed by atoms with E-state index in [4.69, 9.17) is 15.2 Å². The van der Waals surface area contributed by atoms with E-state index in [1.807, 2.05) is 6.07 Å². The van der Waals surface area contributed by atoms with E-state index in [9.17, 15) is 0 Å². The zero-order chi connectivity index (χ0) is 15.1. The molecule has 0 heterocycles. The molecular weight excluding hydrogens is 330 g/mol. The molecule has 1 aromatic rings. The fraction of sp³-hybridized carbons (Fsp3) is 0.647. The fourth-order valence-electron chi connectivity index (χ4n) is 2.98. The molecule has 0 spiro atoms. The maximum atomic E-state index is 6.33. The molecule has 0 aliphatic heterocycles. The van der Waals surface area contributed by atoms with Crippen LogP contribution in [0.1, 0.15) is 50.1 Å². The van der Waals surface area contributed by atoms with E-state index in [0.29, 0.717) is 13.2 Å². The van der Waals surface area contributed by atoms with Crippen LogP contribution in [0.25, 0.3) is 0 Å². The van der Waals surface area contributed by atoms with Gasteiger partial charge in [0.15, 0.2) is 0 Å². The third kappa shape index (κ3) is 5.28. The summed E-state index contributed by atoms with van der Waals surface area (Å²) in [5.41, 5.74) is 7.51. The normalized spacial score (nSPS) is 17.1. The molecule has 4 heteroatoms. The zero-order valence-corrected chi connectivity index (χ0v) is 14.4. The molecule has 1 aromatic carbocycles. The molecule has 1 aliphatic carbocycles. The number of benzene rings is 1. The minimum absolute atomic E-state index is 0.120. The molecule has 0 bridgehead atoms. The Morgan fingerprint density at radius 3 is 2.71 bits per heavy atom. The average Bonchev–Trinajstić information content (AvgIpc) is 3.00. The quantitative estimate of drug-likeness (QED) is 0.700. The molecule has 2 N–H and O–H groups in total. The van der Waals surface area contributed by atoms with Gasteiger partial charge in [-0.25, -0.2) is 0 Å².